The first-order valence-electron chi connectivity index (χ1n) is 6.52. The molecule has 0 radical (unpaired) electrons. The molecule has 0 bridgehead atoms. The van der Waals surface area contributed by atoms with Crippen LogP contribution in [0.25, 0.3) is 0 Å². The van der Waals surface area contributed by atoms with Gasteiger partial charge >= 0.3 is 0 Å². The number of nitrogens with one attached hydrogen (secondary N) is 1. The summed E-state index contributed by atoms with van der Waals surface area (Å²) in [5.74, 6) is 1.31. The van der Waals surface area contributed by atoms with Gasteiger partial charge in [0.05, 0.1) is 24.5 Å². The fraction of sp³-hybridized carbons (Fsp3) is 0.769. The maximum absolute atomic E-state index is 5.99. The fourth-order valence-electron chi connectivity index (χ4n) is 2.86. The molecule has 1 N–H and O–H groups in total. The van der Waals surface area contributed by atoms with Crippen LogP contribution in [-0.2, 0) is 11.8 Å². The van der Waals surface area contributed by atoms with E-state index >= 15 is 0 Å². The molecule has 2 unspecified atom stereocenters. The summed E-state index contributed by atoms with van der Waals surface area (Å²) >= 11 is 0. The monoisotopic (exact) mass is 253 g/mol. The van der Waals surface area contributed by atoms with E-state index in [0.717, 1.165) is 36.7 Å². The molecule has 5 nitrogen and oxygen atoms in total. The molecule has 1 saturated heterocycles. The van der Waals surface area contributed by atoms with Gasteiger partial charge in [0, 0.05) is 26.1 Å². The van der Waals surface area contributed by atoms with E-state index in [9.17, 15) is 0 Å². The molecule has 1 aliphatic rings. The van der Waals surface area contributed by atoms with Gasteiger partial charge < -0.3 is 14.8 Å². The highest BCUT2D eigenvalue weighted by Gasteiger charge is 2.32. The van der Waals surface area contributed by atoms with Crippen molar-refractivity contribution >= 4 is 0 Å². The average molecular weight is 253 g/mol. The van der Waals surface area contributed by atoms with Gasteiger partial charge in [-0.25, -0.2) is 4.68 Å². The lowest BCUT2D eigenvalue weighted by Gasteiger charge is -2.32. The first kappa shape index (κ1) is 13.4. The number of ether oxygens (including phenoxy) is 2. The molecule has 2 atom stereocenters. The van der Waals surface area contributed by atoms with Crippen LogP contribution in [0.3, 0.4) is 0 Å². The third-order valence-electron chi connectivity index (χ3n) is 3.60. The molecule has 1 aromatic rings. The maximum atomic E-state index is 5.99. The van der Waals surface area contributed by atoms with E-state index in [4.69, 9.17) is 9.47 Å². The molecular formula is C13H23N3O2. The highest BCUT2D eigenvalue weighted by atomic mass is 16.5. The predicted molar refractivity (Wildman–Crippen MR) is 69.8 cm³/mol. The minimum Gasteiger partial charge on any atom is -0.481 e. The fourth-order valence-corrected chi connectivity index (χ4v) is 2.86. The van der Waals surface area contributed by atoms with E-state index in [1.165, 1.54) is 6.42 Å². The van der Waals surface area contributed by atoms with Gasteiger partial charge in [-0.15, -0.1) is 0 Å². The van der Waals surface area contributed by atoms with Crippen molar-refractivity contribution < 1.29 is 9.47 Å². The van der Waals surface area contributed by atoms with Crippen molar-refractivity contribution in [3.8, 4) is 5.88 Å². The van der Waals surface area contributed by atoms with Gasteiger partial charge in [-0.1, -0.05) is 0 Å². The van der Waals surface area contributed by atoms with Gasteiger partial charge in [0.25, 0.3) is 0 Å². The van der Waals surface area contributed by atoms with Crippen LogP contribution in [0.1, 0.15) is 30.2 Å². The third kappa shape index (κ3) is 2.37. The molecule has 0 saturated carbocycles. The normalized spacial score (nSPS) is 24.2. The molecule has 1 aromatic heterocycles. The molecule has 2 rings (SSSR count). The topological polar surface area (TPSA) is 48.3 Å². The lowest BCUT2D eigenvalue weighted by Crippen LogP contribution is -2.30. The highest BCUT2D eigenvalue weighted by Crippen LogP contribution is 2.39. The second-order valence-corrected chi connectivity index (χ2v) is 4.88. The number of hydrogen-bond acceptors (Lipinski definition) is 4. The zero-order chi connectivity index (χ0) is 13.1. The van der Waals surface area contributed by atoms with E-state index in [-0.39, 0.29) is 6.10 Å². The largest absolute Gasteiger partial charge is 0.481 e. The molecule has 102 valence electrons. The van der Waals surface area contributed by atoms with Crippen LogP contribution in [0.2, 0.25) is 0 Å². The molecule has 1 fully saturated rings. The molecule has 0 spiro atoms. The van der Waals surface area contributed by atoms with Crippen LogP contribution in [0.15, 0.2) is 0 Å². The van der Waals surface area contributed by atoms with Crippen LogP contribution in [0.4, 0.5) is 0 Å². The van der Waals surface area contributed by atoms with Crippen LogP contribution < -0.4 is 10.1 Å². The first-order valence-corrected chi connectivity index (χ1v) is 6.52. The zero-order valence-electron chi connectivity index (χ0n) is 11.7. The summed E-state index contributed by atoms with van der Waals surface area (Å²) in [5.41, 5.74) is 2.11. The molecule has 18 heavy (non-hydrogen) atoms. The van der Waals surface area contributed by atoms with Crippen molar-refractivity contribution in [3.63, 3.8) is 0 Å². The average Bonchev–Trinajstić information content (AvgIpc) is 2.64. The predicted octanol–water partition coefficient (Wildman–Crippen LogP) is 1.42. The smallest absolute Gasteiger partial charge is 0.217 e. The molecule has 5 heteroatoms. The van der Waals surface area contributed by atoms with Crippen molar-refractivity contribution in [3.05, 3.63) is 11.3 Å². The lowest BCUT2D eigenvalue weighted by atomic mass is 9.89. The molecule has 0 aliphatic carbocycles. The number of aromatic nitrogens is 2. The maximum Gasteiger partial charge on any atom is 0.217 e. The number of rotatable bonds is 4. The Kier molecular flexibility index (Phi) is 4.24. The van der Waals surface area contributed by atoms with Crippen molar-refractivity contribution in [1.29, 1.82) is 0 Å². The Labute approximate surface area is 108 Å². The van der Waals surface area contributed by atoms with Gasteiger partial charge in [0.1, 0.15) is 0 Å². The molecule has 0 aromatic carbocycles. The lowest BCUT2D eigenvalue weighted by molar-refractivity contribution is -0.0288. The molecule has 1 aliphatic heterocycles. The number of methoxy groups -OCH3 is 1. The van der Waals surface area contributed by atoms with E-state index in [1.54, 1.807) is 11.8 Å². The summed E-state index contributed by atoms with van der Waals surface area (Å²) in [6.45, 7) is 3.80. The van der Waals surface area contributed by atoms with Gasteiger partial charge in [0.15, 0.2) is 0 Å². The SMILES string of the molecule is CNCC1CCCOC1c1c(C)nn(C)c1OC. The minimum atomic E-state index is 0.0925. The van der Waals surface area contributed by atoms with E-state index in [1.807, 2.05) is 21.0 Å². The molecular weight excluding hydrogens is 230 g/mol. The Morgan fingerprint density at radius 3 is 3.00 bits per heavy atom. The van der Waals surface area contributed by atoms with Gasteiger partial charge in [0.2, 0.25) is 5.88 Å². The van der Waals surface area contributed by atoms with Crippen LogP contribution in [-0.4, -0.2) is 37.1 Å². The van der Waals surface area contributed by atoms with Crippen LogP contribution in [0, 0.1) is 12.8 Å². The van der Waals surface area contributed by atoms with Crippen molar-refractivity contribution in [1.82, 2.24) is 15.1 Å². The second kappa shape index (κ2) is 5.71. The molecule has 2 heterocycles. The third-order valence-corrected chi connectivity index (χ3v) is 3.60. The summed E-state index contributed by atoms with van der Waals surface area (Å²) in [6, 6.07) is 0. The van der Waals surface area contributed by atoms with Crippen molar-refractivity contribution in [2.24, 2.45) is 13.0 Å². The quantitative estimate of drug-likeness (QED) is 0.881. The summed E-state index contributed by atoms with van der Waals surface area (Å²) in [5, 5.41) is 7.70. The zero-order valence-corrected chi connectivity index (χ0v) is 11.7. The summed E-state index contributed by atoms with van der Waals surface area (Å²) in [4.78, 5) is 0. The van der Waals surface area contributed by atoms with Crippen LogP contribution >= 0.6 is 0 Å². The number of aryl methyl sites for hydroxylation is 2. The van der Waals surface area contributed by atoms with Gasteiger partial charge in [-0.3, -0.25) is 0 Å². The Bertz CT molecular complexity index is 401. The Morgan fingerprint density at radius 2 is 2.33 bits per heavy atom. The number of nitrogens with zero attached hydrogens (tertiary/aromatic N) is 2. The Balaban J connectivity index is 2.32. The van der Waals surface area contributed by atoms with Crippen molar-refractivity contribution in [2.45, 2.75) is 25.9 Å². The van der Waals surface area contributed by atoms with Gasteiger partial charge in [-0.2, -0.15) is 5.10 Å². The highest BCUT2D eigenvalue weighted by molar-refractivity contribution is 5.34. The second-order valence-electron chi connectivity index (χ2n) is 4.88. The van der Waals surface area contributed by atoms with E-state index in [2.05, 4.69) is 10.4 Å². The summed E-state index contributed by atoms with van der Waals surface area (Å²) < 4.78 is 13.3. The first-order chi connectivity index (χ1) is 8.69. The molecule has 0 amide bonds. The van der Waals surface area contributed by atoms with Crippen LogP contribution in [0.5, 0.6) is 5.88 Å². The number of hydrogen-bond donors (Lipinski definition) is 1. The Morgan fingerprint density at radius 1 is 1.56 bits per heavy atom. The van der Waals surface area contributed by atoms with Gasteiger partial charge in [-0.05, 0) is 26.8 Å². The Hall–Kier alpha value is -1.07. The van der Waals surface area contributed by atoms with E-state index < -0.39 is 0 Å². The standard InChI is InChI=1S/C13H23N3O2/c1-9-11(13(17-4)16(3)15-9)12-10(8-14-2)6-5-7-18-12/h10,12,14H,5-8H2,1-4H3. The minimum absolute atomic E-state index is 0.0925. The summed E-state index contributed by atoms with van der Waals surface area (Å²) in [6.07, 6.45) is 2.41. The van der Waals surface area contributed by atoms with E-state index in [0.29, 0.717) is 5.92 Å². The van der Waals surface area contributed by atoms with Crippen molar-refractivity contribution in [2.75, 3.05) is 27.3 Å². The summed E-state index contributed by atoms with van der Waals surface area (Å²) in [7, 11) is 5.58.